The Hall–Kier alpha value is -3.61. The van der Waals surface area contributed by atoms with Gasteiger partial charge in [0, 0.05) is 18.2 Å². The molecular formula is C26H29N3O4. The van der Waals surface area contributed by atoms with Gasteiger partial charge in [-0.25, -0.2) is 9.97 Å². The van der Waals surface area contributed by atoms with Crippen LogP contribution in [0.2, 0.25) is 0 Å². The van der Waals surface area contributed by atoms with E-state index < -0.39 is 5.97 Å². The summed E-state index contributed by atoms with van der Waals surface area (Å²) in [6, 6.07) is 11.9. The molecule has 2 N–H and O–H groups in total. The standard InChI is InChI=1S/C26H29N3O4/c1-3-4-19-13-21(6-5-20(19)14-25(30)31)22-15-24(29-16-28-22)27-10-9-18-7-8-23-26(17(18)2)33-12-11-32-23/h5-8,13,15-16H,3-4,9-12,14H2,1-2H3,(H,30,31)(H,27,28,29). The smallest absolute Gasteiger partial charge is 0.307 e. The van der Waals surface area contributed by atoms with Crippen molar-refractivity contribution in [3.63, 3.8) is 0 Å². The molecule has 2 heterocycles. The van der Waals surface area contributed by atoms with Crippen LogP contribution in [0.3, 0.4) is 0 Å². The number of hydrogen-bond donors (Lipinski definition) is 2. The largest absolute Gasteiger partial charge is 0.486 e. The summed E-state index contributed by atoms with van der Waals surface area (Å²) in [7, 11) is 0. The van der Waals surface area contributed by atoms with E-state index in [1.807, 2.05) is 30.3 Å². The van der Waals surface area contributed by atoms with Crippen LogP contribution in [-0.2, 0) is 24.1 Å². The van der Waals surface area contributed by atoms with Crippen molar-refractivity contribution in [1.82, 2.24) is 9.97 Å². The molecule has 33 heavy (non-hydrogen) atoms. The van der Waals surface area contributed by atoms with E-state index in [9.17, 15) is 9.90 Å². The van der Waals surface area contributed by atoms with Crippen molar-refractivity contribution in [2.45, 2.75) is 39.5 Å². The van der Waals surface area contributed by atoms with E-state index in [4.69, 9.17) is 9.47 Å². The number of nitrogens with zero attached hydrogens (tertiary/aromatic N) is 2. The van der Waals surface area contributed by atoms with E-state index in [2.05, 4.69) is 35.2 Å². The van der Waals surface area contributed by atoms with Crippen LogP contribution in [0.5, 0.6) is 11.5 Å². The summed E-state index contributed by atoms with van der Waals surface area (Å²) in [5.41, 5.74) is 6.00. The van der Waals surface area contributed by atoms with Crippen molar-refractivity contribution >= 4 is 11.8 Å². The minimum Gasteiger partial charge on any atom is -0.486 e. The molecule has 4 rings (SSSR count). The Bertz CT molecular complexity index is 1150. The fourth-order valence-electron chi connectivity index (χ4n) is 4.13. The SMILES string of the molecule is CCCc1cc(-c2cc(NCCc3ccc4c(c3C)OCCO4)ncn2)ccc1CC(=O)O. The highest BCUT2D eigenvalue weighted by atomic mass is 16.6. The van der Waals surface area contributed by atoms with Crippen molar-refractivity contribution in [3.05, 3.63) is 65.0 Å². The van der Waals surface area contributed by atoms with Gasteiger partial charge in [0.25, 0.3) is 0 Å². The van der Waals surface area contributed by atoms with Crippen molar-refractivity contribution in [3.8, 4) is 22.8 Å². The third-order valence-electron chi connectivity index (χ3n) is 5.80. The van der Waals surface area contributed by atoms with Crippen LogP contribution in [-0.4, -0.2) is 40.8 Å². The highest BCUT2D eigenvalue weighted by molar-refractivity contribution is 5.72. The number of anilines is 1. The molecule has 7 nitrogen and oxygen atoms in total. The molecule has 0 bridgehead atoms. The molecule has 1 aliphatic heterocycles. The summed E-state index contributed by atoms with van der Waals surface area (Å²) >= 11 is 0. The lowest BCUT2D eigenvalue weighted by atomic mass is 9.97. The molecule has 0 spiro atoms. The summed E-state index contributed by atoms with van der Waals surface area (Å²) in [5, 5.41) is 12.6. The fourth-order valence-corrected chi connectivity index (χ4v) is 4.13. The fraction of sp³-hybridized carbons (Fsp3) is 0.346. The van der Waals surface area contributed by atoms with Gasteiger partial charge in [-0.2, -0.15) is 0 Å². The van der Waals surface area contributed by atoms with Gasteiger partial charge >= 0.3 is 5.97 Å². The Kier molecular flexibility index (Phi) is 7.07. The van der Waals surface area contributed by atoms with E-state index in [-0.39, 0.29) is 6.42 Å². The van der Waals surface area contributed by atoms with E-state index in [0.29, 0.717) is 13.2 Å². The molecule has 2 aromatic carbocycles. The molecule has 0 radical (unpaired) electrons. The molecular weight excluding hydrogens is 418 g/mol. The van der Waals surface area contributed by atoms with Crippen LogP contribution >= 0.6 is 0 Å². The third-order valence-corrected chi connectivity index (χ3v) is 5.80. The minimum absolute atomic E-state index is 0.0332. The summed E-state index contributed by atoms with van der Waals surface area (Å²) < 4.78 is 11.4. The van der Waals surface area contributed by atoms with Gasteiger partial charge in [0.15, 0.2) is 11.5 Å². The molecule has 3 aromatic rings. The summed E-state index contributed by atoms with van der Waals surface area (Å²) in [5.74, 6) is 1.59. The normalized spacial score (nSPS) is 12.4. The second-order valence-corrected chi connectivity index (χ2v) is 8.14. The van der Waals surface area contributed by atoms with Crippen LogP contribution in [0, 0.1) is 6.92 Å². The molecule has 0 saturated carbocycles. The molecule has 0 saturated heterocycles. The first kappa shape index (κ1) is 22.6. The minimum atomic E-state index is -0.818. The van der Waals surface area contributed by atoms with Crippen molar-refractivity contribution in [2.24, 2.45) is 0 Å². The number of carbonyl (C=O) groups is 1. The monoisotopic (exact) mass is 447 g/mol. The van der Waals surface area contributed by atoms with Gasteiger partial charge in [0.1, 0.15) is 25.4 Å². The molecule has 1 aliphatic rings. The number of benzene rings is 2. The van der Waals surface area contributed by atoms with Gasteiger partial charge in [-0.1, -0.05) is 31.5 Å². The topological polar surface area (TPSA) is 93.6 Å². The highest BCUT2D eigenvalue weighted by Gasteiger charge is 2.16. The molecule has 0 unspecified atom stereocenters. The number of rotatable bonds is 9. The molecule has 0 fully saturated rings. The average molecular weight is 448 g/mol. The Labute approximate surface area is 193 Å². The number of nitrogens with one attached hydrogen (secondary N) is 1. The number of fused-ring (bicyclic) bond motifs is 1. The number of ether oxygens (including phenoxy) is 2. The Morgan fingerprint density at radius 2 is 1.85 bits per heavy atom. The highest BCUT2D eigenvalue weighted by Crippen LogP contribution is 2.35. The van der Waals surface area contributed by atoms with E-state index in [1.165, 1.54) is 5.56 Å². The van der Waals surface area contributed by atoms with Crippen molar-refractivity contribution < 1.29 is 19.4 Å². The van der Waals surface area contributed by atoms with Gasteiger partial charge in [0.2, 0.25) is 0 Å². The lowest BCUT2D eigenvalue weighted by molar-refractivity contribution is -0.136. The zero-order valence-electron chi connectivity index (χ0n) is 19.1. The Balaban J connectivity index is 1.45. The molecule has 0 aliphatic carbocycles. The van der Waals surface area contributed by atoms with Crippen LogP contribution < -0.4 is 14.8 Å². The maximum absolute atomic E-state index is 11.2. The van der Waals surface area contributed by atoms with Crippen LogP contribution in [0.15, 0.2) is 42.7 Å². The third kappa shape index (κ3) is 5.42. The number of hydrogen-bond acceptors (Lipinski definition) is 6. The maximum atomic E-state index is 11.2. The second-order valence-electron chi connectivity index (χ2n) is 8.14. The summed E-state index contributed by atoms with van der Waals surface area (Å²) in [6.07, 6.45) is 4.20. The number of aromatic nitrogens is 2. The molecule has 172 valence electrons. The molecule has 7 heteroatoms. The second kappa shape index (κ2) is 10.3. The van der Waals surface area contributed by atoms with Gasteiger partial charge in [-0.05, 0) is 54.2 Å². The first-order valence-electron chi connectivity index (χ1n) is 11.3. The van der Waals surface area contributed by atoms with Crippen LogP contribution in [0.25, 0.3) is 11.3 Å². The number of aliphatic carboxylic acids is 1. The summed E-state index contributed by atoms with van der Waals surface area (Å²) in [4.78, 5) is 20.0. The van der Waals surface area contributed by atoms with Crippen molar-refractivity contribution in [2.75, 3.05) is 25.1 Å². The van der Waals surface area contributed by atoms with E-state index in [0.717, 1.165) is 71.1 Å². The molecule has 0 atom stereocenters. The predicted octanol–water partition coefficient (Wildman–Crippen LogP) is 4.46. The molecule has 0 amide bonds. The summed E-state index contributed by atoms with van der Waals surface area (Å²) in [6.45, 7) is 6.04. The number of aryl methyl sites for hydroxylation is 1. The number of carboxylic acid groups (broad SMARTS) is 1. The zero-order chi connectivity index (χ0) is 23.2. The van der Waals surface area contributed by atoms with Gasteiger partial charge in [0.05, 0.1) is 12.1 Å². The maximum Gasteiger partial charge on any atom is 0.307 e. The Morgan fingerprint density at radius 3 is 2.67 bits per heavy atom. The van der Waals surface area contributed by atoms with Crippen LogP contribution in [0.1, 0.15) is 35.6 Å². The predicted molar refractivity (Wildman–Crippen MR) is 127 cm³/mol. The quantitative estimate of drug-likeness (QED) is 0.500. The van der Waals surface area contributed by atoms with E-state index in [1.54, 1.807) is 6.33 Å². The lowest BCUT2D eigenvalue weighted by Crippen LogP contribution is -2.17. The Morgan fingerprint density at radius 1 is 1.03 bits per heavy atom. The first-order chi connectivity index (χ1) is 16.0. The van der Waals surface area contributed by atoms with Crippen molar-refractivity contribution in [1.29, 1.82) is 0 Å². The molecule has 1 aromatic heterocycles. The van der Waals surface area contributed by atoms with Gasteiger partial charge < -0.3 is 19.9 Å². The van der Waals surface area contributed by atoms with Gasteiger partial charge in [-0.3, -0.25) is 4.79 Å². The van der Waals surface area contributed by atoms with E-state index >= 15 is 0 Å². The lowest BCUT2D eigenvalue weighted by Gasteiger charge is -2.21. The van der Waals surface area contributed by atoms with Gasteiger partial charge in [-0.15, -0.1) is 0 Å². The zero-order valence-corrected chi connectivity index (χ0v) is 19.1. The van der Waals surface area contributed by atoms with Crippen LogP contribution in [0.4, 0.5) is 5.82 Å². The average Bonchev–Trinajstić information content (AvgIpc) is 2.82. The number of carboxylic acids is 1. The first-order valence-corrected chi connectivity index (χ1v) is 11.3.